The van der Waals surface area contributed by atoms with E-state index >= 15 is 0 Å². The van der Waals surface area contributed by atoms with Gasteiger partial charge in [-0.2, -0.15) is 0 Å². The van der Waals surface area contributed by atoms with Gasteiger partial charge in [-0.3, -0.25) is 14.6 Å². The highest BCUT2D eigenvalue weighted by Gasteiger charge is 2.02. The average Bonchev–Trinajstić information content (AvgIpc) is 2.15. The van der Waals surface area contributed by atoms with Gasteiger partial charge in [0.2, 0.25) is 0 Å². The molecule has 13 heavy (non-hydrogen) atoms. The summed E-state index contributed by atoms with van der Waals surface area (Å²) in [5, 5.41) is 0. The quantitative estimate of drug-likeness (QED) is 0.308. The first-order valence-corrected chi connectivity index (χ1v) is 3.62. The van der Waals surface area contributed by atoms with Gasteiger partial charge in [-0.15, -0.1) is 0 Å². The third-order valence-electron chi connectivity index (χ3n) is 1.40. The van der Waals surface area contributed by atoms with Crippen molar-refractivity contribution in [2.75, 3.05) is 0 Å². The number of primary amides is 1. The molecule has 0 aliphatic carbocycles. The van der Waals surface area contributed by atoms with Gasteiger partial charge in [-0.05, 0) is 18.2 Å². The minimum atomic E-state index is -0.749. The number of nitrogens with zero attached hydrogens (tertiary/aromatic N) is 1. The Morgan fingerprint density at radius 1 is 1.46 bits per heavy atom. The largest absolute Gasteiger partial charge is 0.365 e. The van der Waals surface area contributed by atoms with Gasteiger partial charge < -0.3 is 5.73 Å². The number of carbonyl (C=O) groups excluding carboxylic acids is 2. The molecule has 0 saturated carbocycles. The van der Waals surface area contributed by atoms with Crippen LogP contribution >= 0.6 is 0 Å². The Hall–Kier alpha value is -1.97. The van der Waals surface area contributed by atoms with Crippen LogP contribution in [0.4, 0.5) is 0 Å². The summed E-state index contributed by atoms with van der Waals surface area (Å²) in [6, 6.07) is 5.16. The van der Waals surface area contributed by atoms with Gasteiger partial charge in [0.15, 0.2) is 6.29 Å². The fourth-order valence-electron chi connectivity index (χ4n) is 0.784. The first-order valence-electron chi connectivity index (χ1n) is 3.62. The minimum absolute atomic E-state index is 0.0845. The standard InChI is InChI=1S/C9H8N2O2/c10-9(13)7(6-12)5-8-3-1-2-4-11-8/h1-6H,(H2,10,13). The summed E-state index contributed by atoms with van der Waals surface area (Å²) in [5.41, 5.74) is 5.38. The van der Waals surface area contributed by atoms with E-state index in [0.717, 1.165) is 0 Å². The number of nitrogens with two attached hydrogens (primary N) is 1. The molecule has 4 heteroatoms. The summed E-state index contributed by atoms with van der Waals surface area (Å²) in [4.78, 5) is 24.9. The minimum Gasteiger partial charge on any atom is -0.365 e. The van der Waals surface area contributed by atoms with Crippen molar-refractivity contribution < 1.29 is 9.59 Å². The summed E-state index contributed by atoms with van der Waals surface area (Å²) in [6.45, 7) is 0. The predicted octanol–water partition coefficient (Wildman–Crippen LogP) is 0.149. The van der Waals surface area contributed by atoms with Gasteiger partial charge in [0.25, 0.3) is 5.91 Å². The molecule has 0 unspecified atom stereocenters. The van der Waals surface area contributed by atoms with Gasteiger partial charge in [0, 0.05) is 6.20 Å². The van der Waals surface area contributed by atoms with Gasteiger partial charge in [0.05, 0.1) is 11.3 Å². The van der Waals surface area contributed by atoms with E-state index in [9.17, 15) is 9.59 Å². The molecule has 1 amide bonds. The molecule has 2 N–H and O–H groups in total. The zero-order valence-corrected chi connectivity index (χ0v) is 6.81. The molecule has 1 rings (SSSR count). The Balaban J connectivity index is 2.98. The number of aldehydes is 1. The number of hydrogen-bond donors (Lipinski definition) is 1. The zero-order valence-electron chi connectivity index (χ0n) is 6.81. The van der Waals surface area contributed by atoms with Crippen LogP contribution in [0.3, 0.4) is 0 Å². The van der Waals surface area contributed by atoms with E-state index in [2.05, 4.69) is 4.98 Å². The number of pyridine rings is 1. The van der Waals surface area contributed by atoms with Crippen LogP contribution in [-0.2, 0) is 9.59 Å². The third-order valence-corrected chi connectivity index (χ3v) is 1.40. The Morgan fingerprint density at radius 2 is 2.23 bits per heavy atom. The van der Waals surface area contributed by atoms with Crippen LogP contribution in [0.25, 0.3) is 6.08 Å². The number of carbonyl (C=O) groups is 2. The van der Waals surface area contributed by atoms with E-state index < -0.39 is 5.91 Å². The molecule has 0 spiro atoms. The maximum atomic E-state index is 10.6. The first-order chi connectivity index (χ1) is 6.24. The van der Waals surface area contributed by atoms with Crippen molar-refractivity contribution in [3.05, 3.63) is 35.7 Å². The Bertz CT molecular complexity index is 344. The molecule has 0 fully saturated rings. The Labute approximate surface area is 75.1 Å². The second kappa shape index (κ2) is 4.15. The average molecular weight is 176 g/mol. The fraction of sp³-hybridized carbons (Fsp3) is 0. The molecule has 0 aromatic carbocycles. The highest BCUT2D eigenvalue weighted by molar-refractivity contribution is 6.13. The topological polar surface area (TPSA) is 73.1 Å². The van der Waals surface area contributed by atoms with Crippen molar-refractivity contribution in [3.8, 4) is 0 Å². The van der Waals surface area contributed by atoms with E-state index in [1.54, 1.807) is 24.4 Å². The second-order valence-electron chi connectivity index (χ2n) is 2.34. The molecular formula is C9H8N2O2. The van der Waals surface area contributed by atoms with E-state index in [-0.39, 0.29) is 5.57 Å². The summed E-state index contributed by atoms with van der Waals surface area (Å²) >= 11 is 0. The van der Waals surface area contributed by atoms with Gasteiger partial charge in [-0.1, -0.05) is 6.07 Å². The molecule has 0 radical (unpaired) electrons. The SMILES string of the molecule is NC(=O)C(C=O)=Cc1ccccn1. The lowest BCUT2D eigenvalue weighted by molar-refractivity contribution is -0.116. The van der Waals surface area contributed by atoms with Gasteiger partial charge >= 0.3 is 0 Å². The zero-order chi connectivity index (χ0) is 9.68. The van der Waals surface area contributed by atoms with Crippen LogP contribution in [0.1, 0.15) is 5.69 Å². The van der Waals surface area contributed by atoms with Crippen molar-refractivity contribution in [2.45, 2.75) is 0 Å². The van der Waals surface area contributed by atoms with Crippen molar-refractivity contribution in [1.29, 1.82) is 0 Å². The monoisotopic (exact) mass is 176 g/mol. The molecule has 66 valence electrons. The van der Waals surface area contributed by atoms with Crippen molar-refractivity contribution in [2.24, 2.45) is 5.73 Å². The molecule has 1 heterocycles. The van der Waals surface area contributed by atoms with Crippen molar-refractivity contribution in [3.63, 3.8) is 0 Å². The number of aromatic nitrogens is 1. The Morgan fingerprint density at radius 3 is 2.69 bits per heavy atom. The second-order valence-corrected chi connectivity index (χ2v) is 2.34. The summed E-state index contributed by atoms with van der Waals surface area (Å²) in [6.07, 6.45) is 3.32. The van der Waals surface area contributed by atoms with Crippen LogP contribution in [0.15, 0.2) is 30.0 Å². The lowest BCUT2D eigenvalue weighted by Crippen LogP contribution is -2.14. The molecule has 0 saturated heterocycles. The predicted molar refractivity (Wildman–Crippen MR) is 47.5 cm³/mol. The molecular weight excluding hydrogens is 168 g/mol. The highest BCUT2D eigenvalue weighted by Crippen LogP contribution is 2.00. The van der Waals surface area contributed by atoms with Crippen LogP contribution in [0.5, 0.6) is 0 Å². The third kappa shape index (κ3) is 2.52. The van der Waals surface area contributed by atoms with E-state index in [0.29, 0.717) is 12.0 Å². The van der Waals surface area contributed by atoms with Crippen LogP contribution in [0, 0.1) is 0 Å². The summed E-state index contributed by atoms with van der Waals surface area (Å²) in [5.74, 6) is -0.749. The summed E-state index contributed by atoms with van der Waals surface area (Å²) < 4.78 is 0. The van der Waals surface area contributed by atoms with Crippen LogP contribution in [-0.4, -0.2) is 17.2 Å². The van der Waals surface area contributed by atoms with E-state index in [1.807, 2.05) is 0 Å². The number of amides is 1. The lowest BCUT2D eigenvalue weighted by Gasteiger charge is -1.92. The maximum Gasteiger partial charge on any atom is 0.252 e. The van der Waals surface area contributed by atoms with Crippen molar-refractivity contribution in [1.82, 2.24) is 4.98 Å². The van der Waals surface area contributed by atoms with Crippen LogP contribution in [0.2, 0.25) is 0 Å². The fourth-order valence-corrected chi connectivity index (χ4v) is 0.784. The highest BCUT2D eigenvalue weighted by atomic mass is 16.2. The molecule has 4 nitrogen and oxygen atoms in total. The molecule has 0 aliphatic rings. The molecule has 0 bridgehead atoms. The molecule has 0 atom stereocenters. The molecule has 1 aromatic heterocycles. The van der Waals surface area contributed by atoms with E-state index in [1.165, 1.54) is 6.08 Å². The number of rotatable bonds is 3. The number of hydrogen-bond acceptors (Lipinski definition) is 3. The van der Waals surface area contributed by atoms with Gasteiger partial charge in [-0.25, -0.2) is 0 Å². The normalized spacial score (nSPS) is 10.9. The first kappa shape index (κ1) is 9.12. The smallest absolute Gasteiger partial charge is 0.252 e. The van der Waals surface area contributed by atoms with Gasteiger partial charge in [0.1, 0.15) is 0 Å². The molecule has 1 aromatic rings. The van der Waals surface area contributed by atoms with Crippen LogP contribution < -0.4 is 5.73 Å². The maximum absolute atomic E-state index is 10.6. The molecule has 0 aliphatic heterocycles. The lowest BCUT2D eigenvalue weighted by atomic mass is 10.2. The Kier molecular flexibility index (Phi) is 2.92. The summed E-state index contributed by atoms with van der Waals surface area (Å²) in [7, 11) is 0. The van der Waals surface area contributed by atoms with Crippen molar-refractivity contribution >= 4 is 18.3 Å². The van der Waals surface area contributed by atoms with E-state index in [4.69, 9.17) is 5.73 Å².